The van der Waals surface area contributed by atoms with Gasteiger partial charge in [0.05, 0.1) is 6.54 Å². The highest BCUT2D eigenvalue weighted by molar-refractivity contribution is 5.78. The number of esters is 2. The molecular weight excluding hydrogens is 496 g/mol. The molecule has 0 radical (unpaired) electrons. The monoisotopic (exact) mass is 558 g/mol. The van der Waals surface area contributed by atoms with Crippen molar-refractivity contribution in [2.45, 2.75) is 169 Å². The van der Waals surface area contributed by atoms with E-state index in [1.807, 2.05) is 0 Å². The Balaban J connectivity index is 0. The highest BCUT2D eigenvalue weighted by Gasteiger charge is 2.19. The highest BCUT2D eigenvalue weighted by Crippen LogP contribution is 2.15. The van der Waals surface area contributed by atoms with Gasteiger partial charge in [0.15, 0.2) is 0 Å². The van der Waals surface area contributed by atoms with Gasteiger partial charge in [-0.2, -0.15) is 0 Å². The molecule has 0 bridgehead atoms. The standard InChI is InChI=1S/C18H35NO4.C13H27NO2/c1-6-8-10-12-15(13-11-9-7-2)22-16(20)14-19-17(21)23-18(3,4)5;1-3-5-7-9-12(10-8-6-4-2)16-13(15)11-14/h15H,6-14H2,1-5H3,(H,19,21);12H,3-11,14H2,1-2H3. The number of rotatable bonds is 21. The summed E-state index contributed by atoms with van der Waals surface area (Å²) in [5.41, 5.74) is 4.68. The molecule has 0 fully saturated rings. The van der Waals surface area contributed by atoms with Crippen molar-refractivity contribution < 1.29 is 28.6 Å². The molecule has 0 aliphatic heterocycles. The molecule has 0 aliphatic rings. The molecule has 8 heteroatoms. The summed E-state index contributed by atoms with van der Waals surface area (Å²) in [5.74, 6) is -0.660. The first kappa shape index (κ1) is 39.3. The zero-order chi connectivity index (χ0) is 29.9. The van der Waals surface area contributed by atoms with Crippen LogP contribution in [0.3, 0.4) is 0 Å². The van der Waals surface area contributed by atoms with Crippen LogP contribution in [-0.4, -0.2) is 48.9 Å². The van der Waals surface area contributed by atoms with Crippen LogP contribution in [0.25, 0.3) is 0 Å². The smallest absolute Gasteiger partial charge is 0.408 e. The molecule has 1 amide bonds. The van der Waals surface area contributed by atoms with E-state index in [0.29, 0.717) is 0 Å². The van der Waals surface area contributed by atoms with E-state index in [-0.39, 0.29) is 31.3 Å². The van der Waals surface area contributed by atoms with E-state index in [0.717, 1.165) is 77.0 Å². The minimum absolute atomic E-state index is 0.00193. The molecule has 0 heterocycles. The summed E-state index contributed by atoms with van der Waals surface area (Å²) < 4.78 is 15.9. The molecule has 39 heavy (non-hydrogen) atoms. The number of amides is 1. The molecule has 0 aliphatic carbocycles. The lowest BCUT2D eigenvalue weighted by Gasteiger charge is -2.20. The molecule has 232 valence electrons. The maximum Gasteiger partial charge on any atom is 0.408 e. The van der Waals surface area contributed by atoms with Crippen molar-refractivity contribution >= 4 is 18.0 Å². The summed E-state index contributed by atoms with van der Waals surface area (Å²) >= 11 is 0. The topological polar surface area (TPSA) is 117 Å². The molecule has 0 spiro atoms. The molecule has 0 aromatic rings. The van der Waals surface area contributed by atoms with E-state index in [1.165, 1.54) is 25.7 Å². The number of hydrogen-bond donors (Lipinski definition) is 2. The van der Waals surface area contributed by atoms with Gasteiger partial charge in [-0.1, -0.05) is 79.1 Å². The average Bonchev–Trinajstić information content (AvgIpc) is 2.87. The van der Waals surface area contributed by atoms with E-state index in [1.54, 1.807) is 20.8 Å². The number of carbonyl (C=O) groups is 3. The Morgan fingerprint density at radius 3 is 1.31 bits per heavy atom. The largest absolute Gasteiger partial charge is 0.461 e. The van der Waals surface area contributed by atoms with Crippen molar-refractivity contribution in [1.82, 2.24) is 5.32 Å². The van der Waals surface area contributed by atoms with Crippen molar-refractivity contribution in [2.75, 3.05) is 13.1 Å². The number of alkyl carbamates (subject to hydrolysis) is 1. The van der Waals surface area contributed by atoms with Gasteiger partial charge in [-0.15, -0.1) is 0 Å². The van der Waals surface area contributed by atoms with Gasteiger partial charge in [0.1, 0.15) is 24.4 Å². The summed E-state index contributed by atoms with van der Waals surface area (Å²) in [7, 11) is 0. The van der Waals surface area contributed by atoms with Crippen molar-refractivity contribution in [3.8, 4) is 0 Å². The van der Waals surface area contributed by atoms with Gasteiger partial charge in [-0.05, 0) is 72.1 Å². The first-order chi connectivity index (χ1) is 18.5. The normalized spacial score (nSPS) is 11.1. The quantitative estimate of drug-likeness (QED) is 0.0846. The van der Waals surface area contributed by atoms with Crippen LogP contribution in [0.1, 0.15) is 151 Å². The predicted molar refractivity (Wildman–Crippen MR) is 160 cm³/mol. The summed E-state index contributed by atoms with van der Waals surface area (Å²) in [6.45, 7) is 13.9. The number of carbonyl (C=O) groups excluding carboxylic acids is 3. The number of nitrogens with two attached hydrogens (primary N) is 1. The number of hydrogen-bond acceptors (Lipinski definition) is 7. The molecule has 0 rings (SSSR count). The summed E-state index contributed by atoms with van der Waals surface area (Å²) in [5, 5.41) is 2.44. The molecule has 0 atom stereocenters. The van der Waals surface area contributed by atoms with Crippen LogP contribution in [-0.2, 0) is 23.8 Å². The zero-order valence-electron chi connectivity index (χ0n) is 26.4. The van der Waals surface area contributed by atoms with E-state index < -0.39 is 17.7 Å². The van der Waals surface area contributed by atoms with Crippen LogP contribution >= 0.6 is 0 Å². The van der Waals surface area contributed by atoms with Crippen LogP contribution in [0.4, 0.5) is 4.79 Å². The Morgan fingerprint density at radius 2 is 1.00 bits per heavy atom. The Bertz CT molecular complexity index is 586. The molecule has 0 aromatic carbocycles. The fourth-order valence-corrected chi connectivity index (χ4v) is 3.93. The number of ether oxygens (including phenoxy) is 3. The maximum absolute atomic E-state index is 11.9. The summed E-state index contributed by atoms with van der Waals surface area (Å²) in [4.78, 5) is 34.6. The average molecular weight is 559 g/mol. The van der Waals surface area contributed by atoms with E-state index in [4.69, 9.17) is 19.9 Å². The fraction of sp³-hybridized carbons (Fsp3) is 0.903. The molecule has 0 saturated carbocycles. The number of nitrogens with one attached hydrogen (secondary N) is 1. The lowest BCUT2D eigenvalue weighted by molar-refractivity contribution is -0.149. The van der Waals surface area contributed by atoms with Gasteiger partial charge in [-0.25, -0.2) is 4.79 Å². The van der Waals surface area contributed by atoms with Crippen LogP contribution in [0.2, 0.25) is 0 Å². The van der Waals surface area contributed by atoms with Crippen LogP contribution in [0.15, 0.2) is 0 Å². The Hall–Kier alpha value is -1.83. The second-order valence-corrected chi connectivity index (χ2v) is 11.3. The molecule has 8 nitrogen and oxygen atoms in total. The van der Waals surface area contributed by atoms with E-state index in [2.05, 4.69) is 33.0 Å². The Kier molecular flexibility index (Phi) is 26.6. The zero-order valence-corrected chi connectivity index (χ0v) is 26.4. The highest BCUT2D eigenvalue weighted by atomic mass is 16.6. The maximum atomic E-state index is 11.9. The molecule has 3 N–H and O–H groups in total. The third-order valence-corrected chi connectivity index (χ3v) is 6.06. The minimum Gasteiger partial charge on any atom is -0.461 e. The predicted octanol–water partition coefficient (Wildman–Crippen LogP) is 7.60. The van der Waals surface area contributed by atoms with Crippen molar-refractivity contribution in [1.29, 1.82) is 0 Å². The molecule has 0 unspecified atom stereocenters. The molecule has 0 aromatic heterocycles. The SMILES string of the molecule is CCCCCC(CCCCC)OC(=O)CN.CCCCCC(CCCCC)OC(=O)CNC(=O)OC(C)(C)C. The Morgan fingerprint density at radius 1 is 0.641 bits per heavy atom. The summed E-state index contributed by atoms with van der Waals surface area (Å²) in [6.07, 6.45) is 17.1. The fourth-order valence-electron chi connectivity index (χ4n) is 3.93. The van der Waals surface area contributed by atoms with Crippen molar-refractivity contribution in [3.05, 3.63) is 0 Å². The van der Waals surface area contributed by atoms with Gasteiger partial charge in [0.2, 0.25) is 0 Å². The first-order valence-electron chi connectivity index (χ1n) is 15.6. The van der Waals surface area contributed by atoms with E-state index in [9.17, 15) is 14.4 Å². The van der Waals surface area contributed by atoms with Crippen LogP contribution in [0.5, 0.6) is 0 Å². The third-order valence-electron chi connectivity index (χ3n) is 6.06. The van der Waals surface area contributed by atoms with Crippen LogP contribution in [0, 0.1) is 0 Å². The van der Waals surface area contributed by atoms with E-state index >= 15 is 0 Å². The Labute approximate surface area is 239 Å². The van der Waals surface area contributed by atoms with Gasteiger partial charge in [0.25, 0.3) is 0 Å². The molecular formula is C31H62N2O6. The lowest BCUT2D eigenvalue weighted by Crippen LogP contribution is -2.37. The van der Waals surface area contributed by atoms with Crippen molar-refractivity contribution in [2.24, 2.45) is 5.73 Å². The van der Waals surface area contributed by atoms with Gasteiger partial charge in [0, 0.05) is 0 Å². The number of unbranched alkanes of at least 4 members (excludes halogenated alkanes) is 8. The van der Waals surface area contributed by atoms with Gasteiger partial charge in [-0.3, -0.25) is 9.59 Å². The summed E-state index contributed by atoms with van der Waals surface area (Å²) in [6, 6.07) is 0. The third kappa shape index (κ3) is 29.0. The van der Waals surface area contributed by atoms with Gasteiger partial charge >= 0.3 is 18.0 Å². The second kappa shape index (κ2) is 26.4. The van der Waals surface area contributed by atoms with Crippen LogP contribution < -0.4 is 11.1 Å². The minimum atomic E-state index is -0.594. The van der Waals surface area contributed by atoms with Crippen molar-refractivity contribution in [3.63, 3.8) is 0 Å². The first-order valence-corrected chi connectivity index (χ1v) is 15.6. The van der Waals surface area contributed by atoms with Gasteiger partial charge < -0.3 is 25.3 Å². The molecule has 0 saturated heterocycles. The second-order valence-electron chi connectivity index (χ2n) is 11.3. The lowest BCUT2D eigenvalue weighted by atomic mass is 10.0.